The highest BCUT2D eigenvalue weighted by Crippen LogP contribution is 2.21. The van der Waals surface area contributed by atoms with Gasteiger partial charge in [-0.2, -0.15) is 0 Å². The van der Waals surface area contributed by atoms with Crippen LogP contribution in [0.3, 0.4) is 0 Å². The Morgan fingerprint density at radius 1 is 1.25 bits per heavy atom. The van der Waals surface area contributed by atoms with Gasteiger partial charge in [0.15, 0.2) is 0 Å². The summed E-state index contributed by atoms with van der Waals surface area (Å²) in [5.41, 5.74) is 0. The third-order valence-corrected chi connectivity index (χ3v) is 3.84. The second kappa shape index (κ2) is 8.79. The van der Waals surface area contributed by atoms with E-state index in [-0.39, 0.29) is 17.6 Å². The van der Waals surface area contributed by atoms with Gasteiger partial charge in [-0.25, -0.2) is 8.78 Å². The summed E-state index contributed by atoms with van der Waals surface area (Å²) in [5.74, 6) is 0.0504. The molecule has 0 aromatic rings. The third kappa shape index (κ3) is 7.91. The second-order valence-electron chi connectivity index (χ2n) is 4.11. The van der Waals surface area contributed by atoms with Crippen LogP contribution in [0.1, 0.15) is 39.5 Å². The summed E-state index contributed by atoms with van der Waals surface area (Å²) < 4.78 is 23.6. The lowest BCUT2D eigenvalue weighted by Gasteiger charge is -2.15. The summed E-state index contributed by atoms with van der Waals surface area (Å²) in [7, 11) is 0. The number of carboxylic acids is 1. The van der Waals surface area contributed by atoms with Crippen LogP contribution in [0.2, 0.25) is 0 Å². The number of aliphatic carboxylic acids is 1. The number of carbonyl (C=O) groups is 1. The molecule has 16 heavy (non-hydrogen) atoms. The molecule has 1 atom stereocenters. The lowest BCUT2D eigenvalue weighted by Crippen LogP contribution is -2.22. The molecule has 1 unspecified atom stereocenters. The maximum Gasteiger partial charge on any atom is 0.316 e. The number of rotatable bonds is 9. The maximum absolute atomic E-state index is 11.8. The Kier molecular flexibility index (Phi) is 8.61. The molecule has 0 amide bonds. The van der Waals surface area contributed by atoms with Crippen molar-refractivity contribution in [3.8, 4) is 0 Å². The SMILES string of the molecule is CC(C)C(SCCCCCC(F)F)C(=O)O. The van der Waals surface area contributed by atoms with E-state index in [0.717, 1.165) is 18.6 Å². The van der Waals surface area contributed by atoms with Crippen LogP contribution in [-0.4, -0.2) is 28.5 Å². The summed E-state index contributed by atoms with van der Waals surface area (Å²) in [4.78, 5) is 10.8. The van der Waals surface area contributed by atoms with E-state index >= 15 is 0 Å². The number of hydrogen-bond donors (Lipinski definition) is 1. The Morgan fingerprint density at radius 2 is 1.88 bits per heavy atom. The van der Waals surface area contributed by atoms with Crippen molar-refractivity contribution in [2.75, 3.05) is 5.75 Å². The molecule has 0 saturated carbocycles. The van der Waals surface area contributed by atoms with Crippen molar-refractivity contribution in [2.24, 2.45) is 5.92 Å². The van der Waals surface area contributed by atoms with Gasteiger partial charge in [0.25, 0.3) is 0 Å². The Bertz CT molecular complexity index is 198. The minimum absolute atomic E-state index is 0.0444. The standard InChI is InChI=1S/C11H20F2O2S/c1-8(2)10(11(14)15)16-7-5-3-4-6-9(12)13/h8-10H,3-7H2,1-2H3,(H,14,15). The molecule has 0 spiro atoms. The molecule has 0 rings (SSSR count). The van der Waals surface area contributed by atoms with Gasteiger partial charge in [0.1, 0.15) is 5.25 Å². The smallest absolute Gasteiger partial charge is 0.316 e. The molecule has 0 fully saturated rings. The lowest BCUT2D eigenvalue weighted by molar-refractivity contribution is -0.137. The van der Waals surface area contributed by atoms with Crippen molar-refractivity contribution < 1.29 is 18.7 Å². The zero-order valence-electron chi connectivity index (χ0n) is 9.79. The molecule has 0 aromatic carbocycles. The molecule has 0 aliphatic rings. The topological polar surface area (TPSA) is 37.3 Å². The lowest BCUT2D eigenvalue weighted by atomic mass is 10.1. The van der Waals surface area contributed by atoms with Crippen molar-refractivity contribution in [1.82, 2.24) is 0 Å². The van der Waals surface area contributed by atoms with Crippen LogP contribution < -0.4 is 0 Å². The fourth-order valence-electron chi connectivity index (χ4n) is 1.34. The van der Waals surface area contributed by atoms with E-state index in [1.54, 1.807) is 0 Å². The summed E-state index contributed by atoms with van der Waals surface area (Å²) in [6, 6.07) is 0. The molecule has 0 heterocycles. The number of carboxylic acid groups (broad SMARTS) is 1. The summed E-state index contributed by atoms with van der Waals surface area (Å²) in [6.07, 6.45) is -0.167. The zero-order valence-corrected chi connectivity index (χ0v) is 10.6. The molecule has 1 N–H and O–H groups in total. The molecule has 2 nitrogen and oxygen atoms in total. The Balaban J connectivity index is 3.52. The van der Waals surface area contributed by atoms with Crippen molar-refractivity contribution in [2.45, 2.75) is 51.2 Å². The first-order valence-electron chi connectivity index (χ1n) is 5.57. The monoisotopic (exact) mass is 254 g/mol. The molecule has 5 heteroatoms. The number of alkyl halides is 2. The maximum atomic E-state index is 11.8. The number of unbranched alkanes of at least 4 members (excludes halogenated alkanes) is 2. The number of halogens is 2. The largest absolute Gasteiger partial charge is 0.480 e. The van der Waals surface area contributed by atoms with E-state index in [9.17, 15) is 13.6 Å². The first kappa shape index (κ1) is 15.7. The highest BCUT2D eigenvalue weighted by atomic mass is 32.2. The fourth-order valence-corrected chi connectivity index (χ4v) is 2.49. The number of thioether (sulfide) groups is 1. The van der Waals surface area contributed by atoms with Crippen molar-refractivity contribution in [3.05, 3.63) is 0 Å². The van der Waals surface area contributed by atoms with Gasteiger partial charge in [-0.3, -0.25) is 4.79 Å². The second-order valence-corrected chi connectivity index (χ2v) is 5.36. The van der Waals surface area contributed by atoms with E-state index < -0.39 is 12.4 Å². The van der Waals surface area contributed by atoms with Crippen LogP contribution in [0.5, 0.6) is 0 Å². The first-order valence-corrected chi connectivity index (χ1v) is 6.62. The molecule has 0 aliphatic carbocycles. The molecular formula is C11H20F2O2S. The van der Waals surface area contributed by atoms with Gasteiger partial charge in [0.2, 0.25) is 6.43 Å². The van der Waals surface area contributed by atoms with E-state index in [1.807, 2.05) is 13.8 Å². The van der Waals surface area contributed by atoms with Gasteiger partial charge in [0.05, 0.1) is 0 Å². The molecule has 96 valence electrons. The fraction of sp³-hybridized carbons (Fsp3) is 0.909. The Morgan fingerprint density at radius 3 is 2.31 bits per heavy atom. The average molecular weight is 254 g/mol. The number of hydrogen-bond acceptors (Lipinski definition) is 2. The van der Waals surface area contributed by atoms with Crippen molar-refractivity contribution in [3.63, 3.8) is 0 Å². The van der Waals surface area contributed by atoms with Crippen LogP contribution >= 0.6 is 11.8 Å². The van der Waals surface area contributed by atoms with E-state index in [1.165, 1.54) is 11.8 Å². The molecule has 0 aromatic heterocycles. The minimum atomic E-state index is -2.21. The van der Waals surface area contributed by atoms with Crippen LogP contribution in [0.4, 0.5) is 8.78 Å². The van der Waals surface area contributed by atoms with E-state index in [4.69, 9.17) is 5.11 Å². The molecule has 0 bridgehead atoms. The summed E-state index contributed by atoms with van der Waals surface area (Å²) >= 11 is 1.41. The third-order valence-electron chi connectivity index (χ3n) is 2.21. The summed E-state index contributed by atoms with van der Waals surface area (Å²) in [5, 5.41) is 8.52. The van der Waals surface area contributed by atoms with Gasteiger partial charge < -0.3 is 5.11 Å². The molecular weight excluding hydrogens is 234 g/mol. The predicted molar refractivity (Wildman–Crippen MR) is 63.2 cm³/mol. The quantitative estimate of drug-likeness (QED) is 0.638. The Labute approximate surface area is 99.8 Å². The van der Waals surface area contributed by atoms with Gasteiger partial charge in [-0.1, -0.05) is 20.3 Å². The predicted octanol–water partition coefficient (Wildman–Crippen LogP) is 3.65. The molecule has 0 saturated heterocycles. The van der Waals surface area contributed by atoms with Gasteiger partial charge in [-0.05, 0) is 24.5 Å². The average Bonchev–Trinajstić information content (AvgIpc) is 2.14. The van der Waals surface area contributed by atoms with Gasteiger partial charge >= 0.3 is 5.97 Å². The highest BCUT2D eigenvalue weighted by molar-refractivity contribution is 8.00. The van der Waals surface area contributed by atoms with Crippen LogP contribution in [0.15, 0.2) is 0 Å². The first-order chi connectivity index (χ1) is 7.45. The van der Waals surface area contributed by atoms with Crippen molar-refractivity contribution >= 4 is 17.7 Å². The van der Waals surface area contributed by atoms with Gasteiger partial charge in [-0.15, -0.1) is 11.8 Å². The Hall–Kier alpha value is -0.320. The van der Waals surface area contributed by atoms with Crippen molar-refractivity contribution in [1.29, 1.82) is 0 Å². The minimum Gasteiger partial charge on any atom is -0.480 e. The van der Waals surface area contributed by atoms with Gasteiger partial charge in [0, 0.05) is 6.42 Å². The zero-order chi connectivity index (χ0) is 12.6. The normalized spacial score (nSPS) is 13.4. The van der Waals surface area contributed by atoms with Crippen LogP contribution in [0.25, 0.3) is 0 Å². The highest BCUT2D eigenvalue weighted by Gasteiger charge is 2.21. The van der Waals surface area contributed by atoms with E-state index in [2.05, 4.69) is 0 Å². The molecule has 0 radical (unpaired) electrons. The van der Waals surface area contributed by atoms with E-state index in [0.29, 0.717) is 6.42 Å². The summed E-state index contributed by atoms with van der Waals surface area (Å²) in [6.45, 7) is 3.76. The molecule has 0 aliphatic heterocycles. The van der Waals surface area contributed by atoms with Crippen LogP contribution in [0, 0.1) is 5.92 Å². The van der Waals surface area contributed by atoms with Crippen LogP contribution in [-0.2, 0) is 4.79 Å².